The van der Waals surface area contributed by atoms with Crippen LogP contribution < -0.4 is 26.4 Å². The van der Waals surface area contributed by atoms with Gasteiger partial charge in [0.15, 0.2) is 11.5 Å². The van der Waals surface area contributed by atoms with Crippen molar-refractivity contribution in [3.63, 3.8) is 0 Å². The van der Waals surface area contributed by atoms with Gasteiger partial charge >= 0.3 is 0 Å². The summed E-state index contributed by atoms with van der Waals surface area (Å²) in [6.07, 6.45) is 9.01. The number of amides is 1. The number of nitrogens with one attached hydrogen (secondary N) is 3. The van der Waals surface area contributed by atoms with E-state index in [1.165, 1.54) is 19.3 Å². The zero-order valence-electron chi connectivity index (χ0n) is 20.2. The van der Waals surface area contributed by atoms with Crippen molar-refractivity contribution in [1.29, 1.82) is 0 Å². The number of anilines is 2. The Bertz CT molecular complexity index is 988. The summed E-state index contributed by atoms with van der Waals surface area (Å²) in [5, 5.41) is 10.2. The molecule has 0 aliphatic heterocycles. The highest BCUT2D eigenvalue weighted by atomic mass is 79.9. The summed E-state index contributed by atoms with van der Waals surface area (Å²) >= 11 is 3.59. The molecule has 0 radical (unpaired) electrons. The van der Waals surface area contributed by atoms with Gasteiger partial charge in [-0.15, -0.1) is 0 Å². The van der Waals surface area contributed by atoms with Gasteiger partial charge in [-0.2, -0.15) is 4.98 Å². The first-order chi connectivity index (χ1) is 16.5. The maximum atomic E-state index is 13.3. The van der Waals surface area contributed by atoms with Gasteiger partial charge < -0.3 is 26.4 Å². The molecule has 2 atom stereocenters. The van der Waals surface area contributed by atoms with Gasteiger partial charge in [0.2, 0.25) is 5.95 Å². The molecule has 2 aliphatic rings. The molecule has 0 unspecified atom stereocenters. The number of imidazole rings is 1. The number of methoxy groups -OCH3 is 1. The zero-order valence-corrected chi connectivity index (χ0v) is 21.8. The average Bonchev–Trinajstić information content (AvgIpc) is 3.38. The topological polar surface area (TPSA) is 106 Å². The molecule has 1 heterocycles. The van der Waals surface area contributed by atoms with E-state index in [0.29, 0.717) is 30.6 Å². The van der Waals surface area contributed by atoms with Crippen LogP contribution in [-0.2, 0) is 6.54 Å². The third kappa shape index (κ3) is 5.68. The minimum Gasteiger partial charge on any atom is -0.496 e. The molecule has 1 aromatic heterocycles. The Balaban J connectivity index is 1.73. The second kappa shape index (κ2) is 11.4. The third-order valence-corrected chi connectivity index (χ3v) is 7.53. The molecular weight excluding hydrogens is 496 g/mol. The van der Waals surface area contributed by atoms with E-state index in [1.807, 2.05) is 29.7 Å². The molecule has 1 aromatic carbocycles. The first-order valence-corrected chi connectivity index (χ1v) is 13.3. The fraction of sp³-hybridized carbons (Fsp3) is 0.600. The van der Waals surface area contributed by atoms with Crippen molar-refractivity contribution in [2.75, 3.05) is 24.3 Å². The monoisotopic (exact) mass is 532 g/mol. The quantitative estimate of drug-likeness (QED) is 0.379. The van der Waals surface area contributed by atoms with Crippen LogP contribution in [0.2, 0.25) is 0 Å². The lowest BCUT2D eigenvalue weighted by molar-refractivity contribution is 0.0948. The van der Waals surface area contributed by atoms with Crippen molar-refractivity contribution >= 4 is 33.6 Å². The molecule has 5 N–H and O–H groups in total. The predicted octanol–water partition coefficient (Wildman–Crippen LogP) is 4.49. The van der Waals surface area contributed by atoms with Crippen molar-refractivity contribution in [3.05, 3.63) is 33.9 Å². The van der Waals surface area contributed by atoms with Crippen LogP contribution in [-0.4, -0.2) is 47.2 Å². The van der Waals surface area contributed by atoms with Crippen LogP contribution >= 0.6 is 15.9 Å². The van der Waals surface area contributed by atoms with Gasteiger partial charge in [-0.25, -0.2) is 0 Å². The molecule has 0 bridgehead atoms. The average molecular weight is 534 g/mol. The first kappa shape index (κ1) is 24.9. The van der Waals surface area contributed by atoms with Crippen LogP contribution in [0.5, 0.6) is 5.75 Å². The number of hydrogen-bond acceptors (Lipinski definition) is 6. The second-order valence-electron chi connectivity index (χ2n) is 9.37. The van der Waals surface area contributed by atoms with Gasteiger partial charge in [-0.05, 0) is 72.7 Å². The molecule has 2 aromatic rings. The summed E-state index contributed by atoms with van der Waals surface area (Å²) in [5.74, 6) is 1.98. The predicted molar refractivity (Wildman–Crippen MR) is 140 cm³/mol. The number of carbonyl (C=O) groups is 1. The highest BCUT2D eigenvalue weighted by Crippen LogP contribution is 2.31. The molecule has 0 spiro atoms. The highest BCUT2D eigenvalue weighted by molar-refractivity contribution is 9.10. The van der Waals surface area contributed by atoms with Crippen molar-refractivity contribution in [2.45, 2.75) is 83.0 Å². The van der Waals surface area contributed by atoms with E-state index in [2.05, 4.69) is 31.9 Å². The first-order valence-electron chi connectivity index (χ1n) is 12.5. The molecule has 4 rings (SSSR count). The molecule has 2 fully saturated rings. The van der Waals surface area contributed by atoms with Crippen LogP contribution in [0.15, 0.2) is 22.7 Å². The summed E-state index contributed by atoms with van der Waals surface area (Å²) in [7, 11) is 1.65. The normalized spacial score (nSPS) is 20.8. The highest BCUT2D eigenvalue weighted by Gasteiger charge is 2.30. The Labute approximate surface area is 210 Å². The number of benzene rings is 1. The van der Waals surface area contributed by atoms with E-state index in [-0.39, 0.29) is 18.0 Å². The lowest BCUT2D eigenvalue weighted by atomic mass is 9.96. The summed E-state index contributed by atoms with van der Waals surface area (Å²) in [6.45, 7) is 2.99. The fourth-order valence-corrected chi connectivity index (χ4v) is 5.64. The van der Waals surface area contributed by atoms with E-state index in [4.69, 9.17) is 15.5 Å². The maximum Gasteiger partial charge on any atom is 0.271 e. The second-order valence-corrected chi connectivity index (χ2v) is 10.2. The minimum absolute atomic E-state index is 0.0690. The smallest absolute Gasteiger partial charge is 0.271 e. The van der Waals surface area contributed by atoms with Crippen LogP contribution in [0, 0.1) is 0 Å². The number of nitrogens with zero attached hydrogens (tertiary/aromatic N) is 2. The van der Waals surface area contributed by atoms with Gasteiger partial charge in [0, 0.05) is 24.7 Å². The Morgan fingerprint density at radius 1 is 1.18 bits per heavy atom. The number of hydrogen-bond donors (Lipinski definition) is 4. The molecule has 9 heteroatoms. The van der Waals surface area contributed by atoms with Crippen LogP contribution in [0.1, 0.15) is 74.3 Å². The van der Waals surface area contributed by atoms with E-state index < -0.39 is 0 Å². The van der Waals surface area contributed by atoms with Gasteiger partial charge in [-0.3, -0.25) is 9.36 Å². The minimum atomic E-state index is -0.131. The Hall–Kier alpha value is -2.26. The molecule has 34 heavy (non-hydrogen) atoms. The van der Waals surface area contributed by atoms with Crippen molar-refractivity contribution in [2.24, 2.45) is 5.73 Å². The van der Waals surface area contributed by atoms with Crippen LogP contribution in [0.4, 0.5) is 11.8 Å². The van der Waals surface area contributed by atoms with Gasteiger partial charge in [0.1, 0.15) is 5.75 Å². The SMILES string of the molecule is CCNC(=O)c1c(N[C@H]2CCC[C@H]2N)nc(NC2CCCCC2)n1Cc1ccc(OC)c(Br)c1. The summed E-state index contributed by atoms with van der Waals surface area (Å²) in [5.41, 5.74) is 7.94. The van der Waals surface area contributed by atoms with E-state index in [0.717, 1.165) is 53.8 Å². The van der Waals surface area contributed by atoms with Crippen LogP contribution in [0.25, 0.3) is 0 Å². The Morgan fingerprint density at radius 2 is 1.97 bits per heavy atom. The number of halogens is 1. The van der Waals surface area contributed by atoms with Crippen molar-refractivity contribution < 1.29 is 9.53 Å². The molecule has 2 aliphatic carbocycles. The standard InChI is InChI=1S/C25H37BrN6O2/c1-3-28-24(33)22-23(30-20-11-7-10-19(20)27)31-25(29-17-8-5-4-6-9-17)32(22)15-16-12-13-21(34-2)18(26)14-16/h12-14,17,19-20,30H,3-11,15,27H2,1-2H3,(H,28,33)(H,29,31)/t19-,20+/m1/s1. The number of nitrogens with two attached hydrogens (primary N) is 1. The molecule has 0 saturated heterocycles. The van der Waals surface area contributed by atoms with Crippen molar-refractivity contribution in [3.8, 4) is 5.75 Å². The third-order valence-electron chi connectivity index (χ3n) is 6.91. The molecule has 186 valence electrons. The number of ether oxygens (including phenoxy) is 1. The van der Waals surface area contributed by atoms with E-state index >= 15 is 0 Å². The maximum absolute atomic E-state index is 13.3. The Morgan fingerprint density at radius 3 is 2.62 bits per heavy atom. The Kier molecular flexibility index (Phi) is 8.37. The summed E-state index contributed by atoms with van der Waals surface area (Å²) in [4.78, 5) is 18.3. The van der Waals surface area contributed by atoms with Gasteiger partial charge in [-0.1, -0.05) is 25.3 Å². The van der Waals surface area contributed by atoms with Gasteiger partial charge in [0.05, 0.1) is 18.1 Å². The van der Waals surface area contributed by atoms with Gasteiger partial charge in [0.25, 0.3) is 5.91 Å². The lowest BCUT2D eigenvalue weighted by Crippen LogP contribution is -2.36. The zero-order chi connectivity index (χ0) is 24.1. The lowest BCUT2D eigenvalue weighted by Gasteiger charge is -2.24. The van der Waals surface area contributed by atoms with Crippen LogP contribution in [0.3, 0.4) is 0 Å². The fourth-order valence-electron chi connectivity index (χ4n) is 5.06. The number of aromatic nitrogens is 2. The molecule has 1 amide bonds. The van der Waals surface area contributed by atoms with Crippen molar-refractivity contribution in [1.82, 2.24) is 14.9 Å². The molecule has 2 saturated carbocycles. The number of rotatable bonds is 9. The van der Waals surface area contributed by atoms with E-state index in [9.17, 15) is 4.79 Å². The molecular formula is C25H37BrN6O2. The largest absolute Gasteiger partial charge is 0.496 e. The summed E-state index contributed by atoms with van der Waals surface area (Å²) in [6, 6.07) is 6.54. The van der Waals surface area contributed by atoms with E-state index in [1.54, 1.807) is 7.11 Å². The number of carbonyl (C=O) groups excluding carboxylic acids is 1. The molecule has 8 nitrogen and oxygen atoms in total. The summed E-state index contributed by atoms with van der Waals surface area (Å²) < 4.78 is 8.28.